The van der Waals surface area contributed by atoms with Gasteiger partial charge in [-0.1, -0.05) is 153 Å². The van der Waals surface area contributed by atoms with Crippen molar-refractivity contribution in [3.8, 4) is 56.0 Å². The van der Waals surface area contributed by atoms with Crippen LogP contribution in [0.25, 0.3) is 77.7 Å². The largest absolute Gasteiger partial charge is 0.228 e. The highest BCUT2D eigenvalue weighted by Crippen LogP contribution is 2.51. The Morgan fingerprint density at radius 3 is 1.94 bits per heavy atom. The number of para-hydroxylation sites is 1. The van der Waals surface area contributed by atoms with Crippen LogP contribution in [-0.4, -0.2) is 9.97 Å². The summed E-state index contributed by atoms with van der Waals surface area (Å²) >= 11 is 0. The fourth-order valence-electron chi connectivity index (χ4n) is 7.52. The molecule has 0 N–H and O–H groups in total. The summed E-state index contributed by atoms with van der Waals surface area (Å²) in [6.07, 6.45) is 0. The van der Waals surface area contributed by atoms with E-state index in [9.17, 15) is 0 Å². The molecule has 0 atom stereocenters. The van der Waals surface area contributed by atoms with Gasteiger partial charge in [-0.2, -0.15) is 0 Å². The van der Waals surface area contributed by atoms with E-state index in [1.165, 1.54) is 49.7 Å². The van der Waals surface area contributed by atoms with Crippen LogP contribution in [0.4, 0.5) is 0 Å². The average Bonchev–Trinajstić information content (AvgIpc) is 3.37. The summed E-state index contributed by atoms with van der Waals surface area (Å²) in [7, 11) is 0. The molecule has 0 amide bonds. The van der Waals surface area contributed by atoms with E-state index in [0.29, 0.717) is 0 Å². The van der Waals surface area contributed by atoms with Gasteiger partial charge in [-0.3, -0.25) is 0 Å². The topological polar surface area (TPSA) is 25.8 Å². The summed E-state index contributed by atoms with van der Waals surface area (Å²) in [5.74, 6) is 0.729. The summed E-state index contributed by atoms with van der Waals surface area (Å²) < 4.78 is 0. The first-order chi connectivity index (χ1) is 23.0. The maximum atomic E-state index is 5.26. The Labute approximate surface area is 275 Å². The highest BCUT2D eigenvalue weighted by atomic mass is 14.9. The van der Waals surface area contributed by atoms with Gasteiger partial charge in [0.2, 0.25) is 0 Å². The first-order valence-corrected chi connectivity index (χ1v) is 16.3. The Hall–Kier alpha value is -5.86. The molecule has 0 saturated heterocycles. The minimum absolute atomic E-state index is 0.0609. The van der Waals surface area contributed by atoms with Crippen molar-refractivity contribution in [3.05, 3.63) is 169 Å². The smallest absolute Gasteiger partial charge is 0.160 e. The van der Waals surface area contributed by atoms with Gasteiger partial charge >= 0.3 is 0 Å². The molecule has 0 fully saturated rings. The summed E-state index contributed by atoms with van der Waals surface area (Å²) in [5.41, 5.74) is 14.2. The van der Waals surface area contributed by atoms with Gasteiger partial charge in [0, 0.05) is 21.9 Å². The van der Waals surface area contributed by atoms with E-state index in [4.69, 9.17) is 9.97 Å². The zero-order valence-corrected chi connectivity index (χ0v) is 26.4. The van der Waals surface area contributed by atoms with Crippen LogP contribution in [-0.2, 0) is 5.41 Å². The standard InChI is InChI=1S/C45H32N2/c1-45(2)40-17-8-6-15-37(40)38-26-23-33-28-34(24-25-36(33)42(38)45)43-39-16-7-9-18-41(39)46-44(47-43)35-14-10-13-32(27-35)31-21-19-30(20-22-31)29-11-4-3-5-12-29/h3-28H,1-2H3. The van der Waals surface area contributed by atoms with E-state index < -0.39 is 0 Å². The Balaban J connectivity index is 1.14. The molecule has 1 aliphatic rings. The van der Waals surface area contributed by atoms with Gasteiger partial charge in [0.05, 0.1) is 11.2 Å². The van der Waals surface area contributed by atoms with Crippen LogP contribution >= 0.6 is 0 Å². The predicted octanol–water partition coefficient (Wildman–Crippen LogP) is 11.8. The summed E-state index contributed by atoms with van der Waals surface area (Å²) in [4.78, 5) is 10.3. The molecule has 1 aromatic heterocycles. The lowest BCUT2D eigenvalue weighted by molar-refractivity contribution is 0.666. The number of fused-ring (bicyclic) bond motifs is 6. The maximum Gasteiger partial charge on any atom is 0.160 e. The van der Waals surface area contributed by atoms with Crippen molar-refractivity contribution in [1.82, 2.24) is 9.97 Å². The molecule has 0 aliphatic heterocycles. The van der Waals surface area contributed by atoms with Crippen molar-refractivity contribution in [2.75, 3.05) is 0 Å². The van der Waals surface area contributed by atoms with Gasteiger partial charge in [-0.25, -0.2) is 9.97 Å². The van der Waals surface area contributed by atoms with Gasteiger partial charge in [0.15, 0.2) is 5.82 Å². The lowest BCUT2D eigenvalue weighted by Crippen LogP contribution is -2.15. The van der Waals surface area contributed by atoms with E-state index in [-0.39, 0.29) is 5.41 Å². The maximum absolute atomic E-state index is 5.26. The number of aromatic nitrogens is 2. The number of nitrogens with zero attached hydrogens (tertiary/aromatic N) is 2. The molecule has 47 heavy (non-hydrogen) atoms. The van der Waals surface area contributed by atoms with E-state index in [1.54, 1.807) is 0 Å². The van der Waals surface area contributed by atoms with Gasteiger partial charge in [-0.15, -0.1) is 0 Å². The monoisotopic (exact) mass is 600 g/mol. The summed E-state index contributed by atoms with van der Waals surface area (Å²) in [6.45, 7) is 4.70. The third-order valence-electron chi connectivity index (χ3n) is 9.86. The Kier molecular flexibility index (Phi) is 6.20. The Morgan fingerprint density at radius 2 is 1.09 bits per heavy atom. The fraction of sp³-hybridized carbons (Fsp3) is 0.0667. The van der Waals surface area contributed by atoms with Crippen molar-refractivity contribution < 1.29 is 0 Å². The van der Waals surface area contributed by atoms with E-state index in [2.05, 4.69) is 172 Å². The molecule has 0 spiro atoms. The van der Waals surface area contributed by atoms with Crippen molar-refractivity contribution in [2.45, 2.75) is 19.3 Å². The first-order valence-electron chi connectivity index (χ1n) is 16.3. The zero-order chi connectivity index (χ0) is 31.5. The average molecular weight is 601 g/mol. The lowest BCUT2D eigenvalue weighted by atomic mass is 9.80. The summed E-state index contributed by atoms with van der Waals surface area (Å²) in [6, 6.07) is 56.4. The third-order valence-corrected chi connectivity index (χ3v) is 9.86. The summed E-state index contributed by atoms with van der Waals surface area (Å²) in [5, 5.41) is 3.58. The number of hydrogen-bond acceptors (Lipinski definition) is 2. The van der Waals surface area contributed by atoms with Crippen LogP contribution in [0.1, 0.15) is 25.0 Å². The predicted molar refractivity (Wildman–Crippen MR) is 196 cm³/mol. The molecule has 0 saturated carbocycles. The highest BCUT2D eigenvalue weighted by Gasteiger charge is 2.36. The van der Waals surface area contributed by atoms with Crippen molar-refractivity contribution >= 4 is 21.7 Å². The lowest BCUT2D eigenvalue weighted by Gasteiger charge is -2.23. The third kappa shape index (κ3) is 4.48. The highest BCUT2D eigenvalue weighted by molar-refractivity contribution is 6.01. The molecule has 1 heterocycles. The molecule has 0 radical (unpaired) electrons. The van der Waals surface area contributed by atoms with E-state index in [1.807, 2.05) is 0 Å². The van der Waals surface area contributed by atoms with Gasteiger partial charge in [-0.05, 0) is 73.5 Å². The SMILES string of the molecule is CC1(C)c2ccccc2-c2ccc3cc(-c4nc(-c5cccc(-c6ccc(-c7ccccc7)cc6)c5)nc5ccccc45)ccc3c21. The fourth-order valence-corrected chi connectivity index (χ4v) is 7.52. The van der Waals surface area contributed by atoms with Crippen LogP contribution in [0.5, 0.6) is 0 Å². The van der Waals surface area contributed by atoms with E-state index in [0.717, 1.165) is 39.1 Å². The molecule has 0 bridgehead atoms. The van der Waals surface area contributed by atoms with Crippen LogP contribution in [0.2, 0.25) is 0 Å². The zero-order valence-electron chi connectivity index (χ0n) is 26.4. The van der Waals surface area contributed by atoms with Crippen LogP contribution < -0.4 is 0 Å². The molecule has 2 nitrogen and oxygen atoms in total. The molecule has 2 heteroatoms. The molecular formula is C45H32N2. The van der Waals surface area contributed by atoms with Gasteiger partial charge in [0.25, 0.3) is 0 Å². The van der Waals surface area contributed by atoms with Crippen LogP contribution in [0.15, 0.2) is 158 Å². The number of benzene rings is 7. The van der Waals surface area contributed by atoms with Crippen molar-refractivity contribution in [3.63, 3.8) is 0 Å². The molecule has 1 aliphatic carbocycles. The second kappa shape index (κ2) is 10.6. The molecule has 8 aromatic rings. The molecule has 222 valence electrons. The number of hydrogen-bond donors (Lipinski definition) is 0. The van der Waals surface area contributed by atoms with Crippen LogP contribution in [0, 0.1) is 0 Å². The van der Waals surface area contributed by atoms with Gasteiger partial charge < -0.3 is 0 Å². The Morgan fingerprint density at radius 1 is 0.426 bits per heavy atom. The molecule has 9 rings (SSSR count). The molecular weight excluding hydrogens is 569 g/mol. The normalized spacial score (nSPS) is 13.1. The molecule has 7 aromatic carbocycles. The minimum Gasteiger partial charge on any atom is -0.228 e. The second-order valence-electron chi connectivity index (χ2n) is 13.0. The Bertz CT molecular complexity index is 2470. The van der Waals surface area contributed by atoms with Crippen molar-refractivity contribution in [1.29, 1.82) is 0 Å². The van der Waals surface area contributed by atoms with Gasteiger partial charge in [0.1, 0.15) is 0 Å². The van der Waals surface area contributed by atoms with Crippen molar-refractivity contribution in [2.24, 2.45) is 0 Å². The first kappa shape index (κ1) is 27.5. The van der Waals surface area contributed by atoms with E-state index >= 15 is 0 Å². The quantitative estimate of drug-likeness (QED) is 0.201. The second-order valence-corrected chi connectivity index (χ2v) is 13.0. The minimum atomic E-state index is -0.0609. The molecule has 0 unspecified atom stereocenters. The van der Waals surface area contributed by atoms with Crippen LogP contribution in [0.3, 0.4) is 0 Å². The number of rotatable bonds is 4.